The molecule has 2 rings (SSSR count). The maximum atomic E-state index is 11.8. The van der Waals surface area contributed by atoms with Gasteiger partial charge in [-0.05, 0) is 46.1 Å². The van der Waals surface area contributed by atoms with Crippen LogP contribution < -0.4 is 10.6 Å². The van der Waals surface area contributed by atoms with E-state index >= 15 is 0 Å². The smallest absolute Gasteiger partial charge is 0.271 e. The Morgan fingerprint density at radius 1 is 1.19 bits per heavy atom. The van der Waals surface area contributed by atoms with Crippen LogP contribution in [0.1, 0.15) is 24.3 Å². The zero-order valence-electron chi connectivity index (χ0n) is 11.9. The van der Waals surface area contributed by atoms with Crippen LogP contribution in [0.2, 0.25) is 0 Å². The Balaban J connectivity index is 2.02. The van der Waals surface area contributed by atoms with Gasteiger partial charge < -0.3 is 10.6 Å². The van der Waals surface area contributed by atoms with Gasteiger partial charge in [0.15, 0.2) is 11.5 Å². The number of hydrogen-bond donors (Lipinski definition) is 2. The number of anilines is 2. The molecule has 0 bridgehead atoms. The summed E-state index contributed by atoms with van der Waals surface area (Å²) in [4.78, 5) is 11.8. The minimum absolute atomic E-state index is 0.205. The van der Waals surface area contributed by atoms with E-state index in [9.17, 15) is 4.79 Å². The molecule has 0 saturated heterocycles. The van der Waals surface area contributed by atoms with Gasteiger partial charge >= 0.3 is 0 Å². The number of aromatic nitrogens is 2. The molecule has 0 fully saturated rings. The molecule has 0 radical (unpaired) electrons. The second-order valence-electron chi connectivity index (χ2n) is 5.01. The third-order valence-corrected chi connectivity index (χ3v) is 3.40. The van der Waals surface area contributed by atoms with Crippen molar-refractivity contribution in [1.82, 2.24) is 15.5 Å². The largest absolute Gasteiger partial charge is 0.350 e. The molecule has 1 aromatic carbocycles. The van der Waals surface area contributed by atoms with Crippen LogP contribution >= 0.6 is 15.9 Å². The first kappa shape index (κ1) is 15.4. The Morgan fingerprint density at radius 2 is 1.95 bits per heavy atom. The topological polar surface area (TPSA) is 66.9 Å². The molecule has 1 amide bonds. The van der Waals surface area contributed by atoms with Crippen molar-refractivity contribution >= 4 is 33.3 Å². The molecule has 110 valence electrons. The fourth-order valence-electron chi connectivity index (χ4n) is 1.61. The van der Waals surface area contributed by atoms with Gasteiger partial charge in [0.05, 0.1) is 5.69 Å². The van der Waals surface area contributed by atoms with Crippen molar-refractivity contribution in [2.24, 2.45) is 5.92 Å². The highest BCUT2D eigenvalue weighted by Gasteiger charge is 2.08. The molecule has 6 heteroatoms. The van der Waals surface area contributed by atoms with Gasteiger partial charge in [0, 0.05) is 11.0 Å². The average Bonchev–Trinajstić information content (AvgIpc) is 2.48. The van der Waals surface area contributed by atoms with Gasteiger partial charge in [-0.25, -0.2) is 0 Å². The standard InChI is InChI=1S/C15H17BrN4O/c1-10(2)9-17-15(21)13-7-8-14(20-19-13)18-12-6-4-3-5-11(12)16/h3-8,10H,9H2,1-2H3,(H,17,21)(H,18,20). The van der Waals surface area contributed by atoms with Gasteiger partial charge in [-0.15, -0.1) is 10.2 Å². The molecule has 0 unspecified atom stereocenters. The van der Waals surface area contributed by atoms with E-state index in [0.29, 0.717) is 24.0 Å². The van der Waals surface area contributed by atoms with Gasteiger partial charge in [-0.2, -0.15) is 0 Å². The van der Waals surface area contributed by atoms with Gasteiger partial charge in [0.1, 0.15) is 0 Å². The Kier molecular flexibility index (Phi) is 5.27. The molecule has 0 atom stereocenters. The first-order valence-corrected chi connectivity index (χ1v) is 7.49. The van der Waals surface area contributed by atoms with Crippen LogP contribution in [-0.2, 0) is 0 Å². The van der Waals surface area contributed by atoms with Crippen LogP contribution in [0.4, 0.5) is 11.5 Å². The first-order valence-electron chi connectivity index (χ1n) is 6.69. The molecule has 21 heavy (non-hydrogen) atoms. The van der Waals surface area contributed by atoms with Crippen molar-refractivity contribution in [2.75, 3.05) is 11.9 Å². The highest BCUT2D eigenvalue weighted by Crippen LogP contribution is 2.23. The Hall–Kier alpha value is -1.95. The molecule has 0 aliphatic carbocycles. The maximum Gasteiger partial charge on any atom is 0.271 e. The van der Waals surface area contributed by atoms with E-state index in [1.807, 2.05) is 38.1 Å². The van der Waals surface area contributed by atoms with Gasteiger partial charge in [-0.1, -0.05) is 26.0 Å². The summed E-state index contributed by atoms with van der Waals surface area (Å²) >= 11 is 3.45. The summed E-state index contributed by atoms with van der Waals surface area (Å²) < 4.78 is 0.936. The van der Waals surface area contributed by atoms with Gasteiger partial charge in [0.2, 0.25) is 0 Å². The van der Waals surface area contributed by atoms with Gasteiger partial charge in [-0.3, -0.25) is 4.79 Å². The van der Waals surface area contributed by atoms with Crippen molar-refractivity contribution in [3.63, 3.8) is 0 Å². The number of carbonyl (C=O) groups excluding carboxylic acids is 1. The lowest BCUT2D eigenvalue weighted by Gasteiger charge is -2.08. The summed E-state index contributed by atoms with van der Waals surface area (Å²) in [6, 6.07) is 11.1. The predicted molar refractivity (Wildman–Crippen MR) is 86.6 cm³/mol. The Labute approximate surface area is 132 Å². The first-order chi connectivity index (χ1) is 10.1. The van der Waals surface area contributed by atoms with Crippen molar-refractivity contribution in [3.05, 3.63) is 46.6 Å². The highest BCUT2D eigenvalue weighted by atomic mass is 79.9. The summed E-state index contributed by atoms with van der Waals surface area (Å²) in [5.41, 5.74) is 1.21. The SMILES string of the molecule is CC(C)CNC(=O)c1ccc(Nc2ccccc2Br)nn1. The fraction of sp³-hybridized carbons (Fsp3) is 0.267. The second kappa shape index (κ2) is 7.17. The average molecular weight is 349 g/mol. The summed E-state index contributed by atoms with van der Waals surface area (Å²) in [5.74, 6) is 0.782. The van der Waals surface area contributed by atoms with E-state index in [1.165, 1.54) is 0 Å². The van der Waals surface area contributed by atoms with E-state index in [-0.39, 0.29) is 5.91 Å². The number of para-hydroxylation sites is 1. The molecule has 0 spiro atoms. The highest BCUT2D eigenvalue weighted by molar-refractivity contribution is 9.10. The van der Waals surface area contributed by atoms with Crippen molar-refractivity contribution in [2.45, 2.75) is 13.8 Å². The third kappa shape index (κ3) is 4.53. The van der Waals surface area contributed by atoms with Crippen molar-refractivity contribution in [3.8, 4) is 0 Å². The minimum atomic E-state index is -0.205. The Morgan fingerprint density at radius 3 is 2.57 bits per heavy atom. The predicted octanol–water partition coefficient (Wildman–Crippen LogP) is 3.37. The number of benzene rings is 1. The fourth-order valence-corrected chi connectivity index (χ4v) is 1.99. The minimum Gasteiger partial charge on any atom is -0.350 e. The second-order valence-corrected chi connectivity index (χ2v) is 5.87. The third-order valence-electron chi connectivity index (χ3n) is 2.70. The molecule has 5 nitrogen and oxygen atoms in total. The van der Waals surface area contributed by atoms with Crippen molar-refractivity contribution < 1.29 is 4.79 Å². The summed E-state index contributed by atoms with van der Waals surface area (Å²) in [7, 11) is 0. The van der Waals surface area contributed by atoms with Crippen LogP contribution in [0.25, 0.3) is 0 Å². The van der Waals surface area contributed by atoms with Crippen LogP contribution in [0.3, 0.4) is 0 Å². The van der Waals surface area contributed by atoms with Gasteiger partial charge in [0.25, 0.3) is 5.91 Å². The normalized spacial score (nSPS) is 10.5. The van der Waals surface area contributed by atoms with Crippen LogP contribution in [0, 0.1) is 5.92 Å². The number of hydrogen-bond acceptors (Lipinski definition) is 4. The monoisotopic (exact) mass is 348 g/mol. The van der Waals surface area contributed by atoms with Crippen molar-refractivity contribution in [1.29, 1.82) is 0 Å². The van der Waals surface area contributed by atoms with Crippen LogP contribution in [0.5, 0.6) is 0 Å². The molecular formula is C15H17BrN4O. The lowest BCUT2D eigenvalue weighted by atomic mass is 10.2. The Bertz CT molecular complexity index is 613. The zero-order valence-corrected chi connectivity index (χ0v) is 13.5. The van der Waals surface area contributed by atoms with E-state index < -0.39 is 0 Å². The number of amides is 1. The summed E-state index contributed by atoms with van der Waals surface area (Å²) in [6.45, 7) is 4.70. The van der Waals surface area contributed by atoms with E-state index in [2.05, 4.69) is 36.8 Å². The molecule has 1 aromatic heterocycles. The lowest BCUT2D eigenvalue weighted by molar-refractivity contribution is 0.0943. The maximum absolute atomic E-state index is 11.8. The number of nitrogens with one attached hydrogen (secondary N) is 2. The molecule has 0 aliphatic heterocycles. The number of carbonyl (C=O) groups is 1. The molecule has 2 N–H and O–H groups in total. The number of rotatable bonds is 5. The lowest BCUT2D eigenvalue weighted by Crippen LogP contribution is -2.28. The quantitative estimate of drug-likeness (QED) is 0.869. The van der Waals surface area contributed by atoms with E-state index in [4.69, 9.17) is 0 Å². The molecular weight excluding hydrogens is 332 g/mol. The van der Waals surface area contributed by atoms with Crippen LogP contribution in [0.15, 0.2) is 40.9 Å². The molecule has 2 aromatic rings. The summed E-state index contributed by atoms with van der Waals surface area (Å²) in [6.07, 6.45) is 0. The molecule has 0 saturated carbocycles. The van der Waals surface area contributed by atoms with E-state index in [0.717, 1.165) is 10.2 Å². The molecule has 1 heterocycles. The zero-order chi connectivity index (χ0) is 15.2. The molecule has 0 aliphatic rings. The van der Waals surface area contributed by atoms with E-state index in [1.54, 1.807) is 12.1 Å². The summed E-state index contributed by atoms with van der Waals surface area (Å²) in [5, 5.41) is 13.9. The van der Waals surface area contributed by atoms with Crippen LogP contribution in [-0.4, -0.2) is 22.6 Å². The number of halogens is 1. The number of nitrogens with zero attached hydrogens (tertiary/aromatic N) is 2.